The van der Waals surface area contributed by atoms with Gasteiger partial charge in [0.2, 0.25) is 5.91 Å². The number of anilines is 2. The summed E-state index contributed by atoms with van der Waals surface area (Å²) in [7, 11) is -3.84. The van der Waals surface area contributed by atoms with Crippen molar-refractivity contribution >= 4 is 38.7 Å². The molecule has 0 radical (unpaired) electrons. The van der Waals surface area contributed by atoms with Crippen LogP contribution in [0.3, 0.4) is 0 Å². The Kier molecular flexibility index (Phi) is 4.44. The van der Waals surface area contributed by atoms with Crippen molar-refractivity contribution in [2.24, 2.45) is 0 Å². The number of nitrogens with one attached hydrogen (secondary N) is 1. The highest BCUT2D eigenvalue weighted by Crippen LogP contribution is 2.21. The van der Waals surface area contributed by atoms with Gasteiger partial charge in [-0.25, -0.2) is 8.42 Å². The SMILES string of the molecule is Nc1cnccc1S(=O)(=O)CC(=O)Nc1ccccc1Cl. The van der Waals surface area contributed by atoms with Crippen LogP contribution >= 0.6 is 11.6 Å². The van der Waals surface area contributed by atoms with Crippen LogP contribution in [0.1, 0.15) is 0 Å². The first-order valence-electron chi connectivity index (χ1n) is 5.87. The fourth-order valence-corrected chi connectivity index (χ4v) is 3.11. The summed E-state index contributed by atoms with van der Waals surface area (Å²) in [6, 6.07) is 7.80. The van der Waals surface area contributed by atoms with Gasteiger partial charge < -0.3 is 11.1 Å². The largest absolute Gasteiger partial charge is 0.396 e. The van der Waals surface area contributed by atoms with Gasteiger partial charge in [0.05, 0.1) is 27.5 Å². The Hall–Kier alpha value is -2.12. The van der Waals surface area contributed by atoms with Crippen molar-refractivity contribution in [3.63, 3.8) is 0 Å². The number of nitrogen functional groups attached to an aromatic ring is 1. The summed E-state index contributed by atoms with van der Waals surface area (Å²) in [4.78, 5) is 15.5. The number of carbonyl (C=O) groups is 1. The molecule has 0 bridgehead atoms. The molecule has 0 fully saturated rings. The minimum atomic E-state index is -3.84. The number of sulfone groups is 1. The van der Waals surface area contributed by atoms with E-state index >= 15 is 0 Å². The molecular formula is C13H12ClN3O3S. The summed E-state index contributed by atoms with van der Waals surface area (Å²) in [6.07, 6.45) is 2.52. The van der Waals surface area contributed by atoms with E-state index in [1.54, 1.807) is 24.3 Å². The molecule has 0 unspecified atom stereocenters. The van der Waals surface area contributed by atoms with Crippen LogP contribution in [0, 0.1) is 0 Å². The molecule has 1 heterocycles. The summed E-state index contributed by atoms with van der Waals surface area (Å²) >= 11 is 5.89. The Labute approximate surface area is 126 Å². The third kappa shape index (κ3) is 3.71. The van der Waals surface area contributed by atoms with Crippen LogP contribution in [-0.2, 0) is 14.6 Å². The number of halogens is 1. The van der Waals surface area contributed by atoms with Crippen LogP contribution < -0.4 is 11.1 Å². The van der Waals surface area contributed by atoms with Crippen molar-refractivity contribution in [1.82, 2.24) is 4.98 Å². The van der Waals surface area contributed by atoms with Crippen LogP contribution in [0.4, 0.5) is 11.4 Å². The van der Waals surface area contributed by atoms with Gasteiger partial charge in [0.25, 0.3) is 0 Å². The molecule has 8 heteroatoms. The van der Waals surface area contributed by atoms with Gasteiger partial charge in [-0.1, -0.05) is 23.7 Å². The Balaban J connectivity index is 2.16. The van der Waals surface area contributed by atoms with Crippen LogP contribution in [0.25, 0.3) is 0 Å². The van der Waals surface area contributed by atoms with Gasteiger partial charge in [0, 0.05) is 6.20 Å². The summed E-state index contributed by atoms with van der Waals surface area (Å²) in [5.41, 5.74) is 5.92. The molecule has 2 aromatic rings. The van der Waals surface area contributed by atoms with E-state index in [9.17, 15) is 13.2 Å². The quantitative estimate of drug-likeness (QED) is 0.891. The van der Waals surface area contributed by atoms with E-state index in [1.165, 1.54) is 18.5 Å². The number of nitrogens with zero attached hydrogens (tertiary/aromatic N) is 1. The monoisotopic (exact) mass is 325 g/mol. The topological polar surface area (TPSA) is 102 Å². The predicted molar refractivity (Wildman–Crippen MR) is 80.8 cm³/mol. The molecule has 1 amide bonds. The zero-order valence-corrected chi connectivity index (χ0v) is 12.4. The van der Waals surface area contributed by atoms with Crippen molar-refractivity contribution in [2.75, 3.05) is 16.8 Å². The van der Waals surface area contributed by atoms with Gasteiger partial charge in [-0.15, -0.1) is 0 Å². The highest BCUT2D eigenvalue weighted by molar-refractivity contribution is 7.92. The maximum absolute atomic E-state index is 12.1. The summed E-state index contributed by atoms with van der Waals surface area (Å²) < 4.78 is 24.3. The number of para-hydroxylation sites is 1. The average molecular weight is 326 g/mol. The zero-order valence-electron chi connectivity index (χ0n) is 10.8. The lowest BCUT2D eigenvalue weighted by molar-refractivity contribution is -0.113. The number of carbonyl (C=O) groups excluding carboxylic acids is 1. The van der Waals surface area contributed by atoms with E-state index < -0.39 is 21.5 Å². The van der Waals surface area contributed by atoms with E-state index in [0.29, 0.717) is 10.7 Å². The number of benzene rings is 1. The number of amides is 1. The molecule has 0 aliphatic rings. The second-order valence-corrected chi connectivity index (χ2v) is 6.57. The van der Waals surface area contributed by atoms with Crippen LogP contribution in [-0.4, -0.2) is 25.1 Å². The average Bonchev–Trinajstić information content (AvgIpc) is 2.41. The van der Waals surface area contributed by atoms with E-state index in [-0.39, 0.29) is 10.6 Å². The summed E-state index contributed by atoms with van der Waals surface area (Å²) in [5, 5.41) is 2.77. The number of pyridine rings is 1. The Morgan fingerprint density at radius 1 is 1.29 bits per heavy atom. The number of rotatable bonds is 4. The standard InChI is InChI=1S/C13H12ClN3O3S/c14-9-3-1-2-4-11(9)17-13(18)8-21(19,20)12-5-6-16-7-10(12)15/h1-7H,8,15H2,(H,17,18). The third-order valence-corrected chi connectivity index (χ3v) is 4.63. The molecule has 1 aromatic carbocycles. The molecule has 0 spiro atoms. The lowest BCUT2D eigenvalue weighted by Crippen LogP contribution is -2.23. The smallest absolute Gasteiger partial charge is 0.240 e. The second kappa shape index (κ2) is 6.11. The van der Waals surface area contributed by atoms with Crippen LogP contribution in [0.5, 0.6) is 0 Å². The lowest BCUT2D eigenvalue weighted by atomic mass is 10.3. The summed E-state index contributed by atoms with van der Waals surface area (Å²) in [5.74, 6) is -1.42. The molecule has 2 rings (SSSR count). The van der Waals surface area contributed by atoms with Gasteiger partial charge in [-0.2, -0.15) is 0 Å². The molecule has 21 heavy (non-hydrogen) atoms. The fraction of sp³-hybridized carbons (Fsp3) is 0.0769. The highest BCUT2D eigenvalue weighted by Gasteiger charge is 2.22. The molecule has 110 valence electrons. The fourth-order valence-electron chi connectivity index (χ4n) is 1.68. The van der Waals surface area contributed by atoms with Gasteiger partial charge in [0.1, 0.15) is 5.75 Å². The molecule has 6 nitrogen and oxygen atoms in total. The van der Waals surface area contributed by atoms with Gasteiger partial charge >= 0.3 is 0 Å². The van der Waals surface area contributed by atoms with E-state index in [2.05, 4.69) is 10.3 Å². The summed E-state index contributed by atoms with van der Waals surface area (Å²) in [6.45, 7) is 0. The van der Waals surface area contributed by atoms with Crippen molar-refractivity contribution < 1.29 is 13.2 Å². The van der Waals surface area contributed by atoms with Crippen molar-refractivity contribution in [2.45, 2.75) is 4.90 Å². The number of hydrogen-bond acceptors (Lipinski definition) is 5. The molecule has 0 saturated carbocycles. The number of aromatic nitrogens is 1. The van der Waals surface area contributed by atoms with Crippen LogP contribution in [0.15, 0.2) is 47.6 Å². The lowest BCUT2D eigenvalue weighted by Gasteiger charge is -2.09. The Morgan fingerprint density at radius 2 is 2.00 bits per heavy atom. The number of nitrogens with two attached hydrogens (primary N) is 1. The first kappa shape index (κ1) is 15.3. The molecule has 0 atom stereocenters. The van der Waals surface area contributed by atoms with Crippen molar-refractivity contribution in [1.29, 1.82) is 0 Å². The predicted octanol–water partition coefficient (Wildman–Crippen LogP) is 1.73. The minimum absolute atomic E-state index is 0.00282. The first-order valence-corrected chi connectivity index (χ1v) is 7.90. The molecule has 0 aliphatic heterocycles. The molecule has 0 aliphatic carbocycles. The molecular weight excluding hydrogens is 314 g/mol. The first-order chi connectivity index (χ1) is 9.90. The zero-order chi connectivity index (χ0) is 15.5. The molecule has 3 N–H and O–H groups in total. The second-order valence-electron chi connectivity index (χ2n) is 4.20. The van der Waals surface area contributed by atoms with Crippen molar-refractivity contribution in [3.05, 3.63) is 47.7 Å². The van der Waals surface area contributed by atoms with Gasteiger partial charge in [-0.3, -0.25) is 9.78 Å². The van der Waals surface area contributed by atoms with Gasteiger partial charge in [0.15, 0.2) is 9.84 Å². The Morgan fingerprint density at radius 3 is 2.67 bits per heavy atom. The molecule has 1 aromatic heterocycles. The minimum Gasteiger partial charge on any atom is -0.396 e. The molecule has 0 saturated heterocycles. The van der Waals surface area contributed by atoms with E-state index in [0.717, 1.165) is 0 Å². The third-order valence-electron chi connectivity index (χ3n) is 2.61. The normalized spacial score (nSPS) is 11.1. The van der Waals surface area contributed by atoms with Crippen molar-refractivity contribution in [3.8, 4) is 0 Å². The van der Waals surface area contributed by atoms with E-state index in [1.807, 2.05) is 0 Å². The van der Waals surface area contributed by atoms with E-state index in [4.69, 9.17) is 17.3 Å². The maximum Gasteiger partial charge on any atom is 0.240 e. The van der Waals surface area contributed by atoms with Crippen LogP contribution in [0.2, 0.25) is 5.02 Å². The Bertz CT molecular complexity index is 778. The number of hydrogen-bond donors (Lipinski definition) is 2. The van der Waals surface area contributed by atoms with Gasteiger partial charge in [-0.05, 0) is 18.2 Å². The maximum atomic E-state index is 12.1. The highest BCUT2D eigenvalue weighted by atomic mass is 35.5.